The van der Waals surface area contributed by atoms with Gasteiger partial charge in [-0.15, -0.1) is 0 Å². The van der Waals surface area contributed by atoms with Gasteiger partial charge in [0.2, 0.25) is 11.8 Å². The van der Waals surface area contributed by atoms with E-state index >= 15 is 0 Å². The minimum absolute atomic E-state index is 0.0934. The second-order valence-corrected chi connectivity index (χ2v) is 6.77. The predicted molar refractivity (Wildman–Crippen MR) is 106 cm³/mol. The number of furan rings is 1. The lowest BCUT2D eigenvalue weighted by Gasteiger charge is -2.15. The summed E-state index contributed by atoms with van der Waals surface area (Å²) in [5.74, 6) is -0.249. The van der Waals surface area contributed by atoms with Crippen LogP contribution in [0.2, 0.25) is 0 Å². The highest BCUT2D eigenvalue weighted by molar-refractivity contribution is 5.96. The van der Waals surface area contributed by atoms with Gasteiger partial charge in [-0.1, -0.05) is 0 Å². The lowest BCUT2D eigenvalue weighted by molar-refractivity contribution is -0.129. The molecule has 9 nitrogen and oxygen atoms in total. The van der Waals surface area contributed by atoms with E-state index in [1.807, 2.05) is 6.92 Å². The number of hydrogen-bond donors (Lipinski definition) is 2. The first-order valence-corrected chi connectivity index (χ1v) is 9.77. The normalized spacial score (nSPS) is 15.8. The number of carbonyl (C=O) groups excluding carboxylic acids is 3. The van der Waals surface area contributed by atoms with Crippen LogP contribution in [0.5, 0.6) is 5.75 Å². The monoisotopic (exact) mass is 415 g/mol. The van der Waals surface area contributed by atoms with Gasteiger partial charge in [0.15, 0.2) is 0 Å². The molecule has 160 valence electrons. The number of benzene rings is 1. The van der Waals surface area contributed by atoms with Crippen LogP contribution < -0.4 is 15.6 Å². The molecule has 0 saturated carbocycles. The average Bonchev–Trinajstić information content (AvgIpc) is 3.40. The Hall–Kier alpha value is -3.33. The van der Waals surface area contributed by atoms with Crippen molar-refractivity contribution in [3.63, 3.8) is 0 Å². The molecule has 0 radical (unpaired) electrons. The minimum Gasteiger partial charge on any atom is -0.491 e. The van der Waals surface area contributed by atoms with E-state index in [-0.39, 0.29) is 18.9 Å². The first-order valence-electron chi connectivity index (χ1n) is 9.77. The van der Waals surface area contributed by atoms with Crippen LogP contribution in [-0.4, -0.2) is 49.0 Å². The number of amides is 3. The molecule has 1 saturated heterocycles. The third kappa shape index (κ3) is 5.84. The molecule has 1 unspecified atom stereocenters. The van der Waals surface area contributed by atoms with Gasteiger partial charge in [-0.2, -0.15) is 0 Å². The van der Waals surface area contributed by atoms with Gasteiger partial charge < -0.3 is 18.8 Å². The summed E-state index contributed by atoms with van der Waals surface area (Å²) in [6, 6.07) is 10.1. The summed E-state index contributed by atoms with van der Waals surface area (Å²) < 4.78 is 15.9. The third-order valence-corrected chi connectivity index (χ3v) is 4.63. The highest BCUT2D eigenvalue weighted by atomic mass is 16.5. The summed E-state index contributed by atoms with van der Waals surface area (Å²) in [5.41, 5.74) is 5.15. The standard InChI is InChI=1S/C21H25N3O6/c1-2-28-10-11-30-17-7-5-15(6-8-17)20(26)22-23-21(27)16-12-19(25)24(13-16)14-18-4-3-9-29-18/h3-9,16H,2,10-14H2,1H3,(H,22,26)(H,23,27). The fourth-order valence-electron chi connectivity index (χ4n) is 3.05. The number of ether oxygens (including phenoxy) is 2. The number of carbonyl (C=O) groups is 3. The third-order valence-electron chi connectivity index (χ3n) is 4.63. The van der Waals surface area contributed by atoms with Crippen molar-refractivity contribution < 1.29 is 28.3 Å². The van der Waals surface area contributed by atoms with Gasteiger partial charge in [0.1, 0.15) is 18.1 Å². The average molecular weight is 415 g/mol. The SMILES string of the molecule is CCOCCOc1ccc(C(=O)NNC(=O)C2CC(=O)N(Cc3ccco3)C2)cc1. The van der Waals surface area contributed by atoms with Crippen molar-refractivity contribution in [3.05, 3.63) is 54.0 Å². The van der Waals surface area contributed by atoms with E-state index in [1.165, 1.54) is 6.26 Å². The molecule has 2 N–H and O–H groups in total. The summed E-state index contributed by atoms with van der Waals surface area (Å²) in [4.78, 5) is 38.3. The Morgan fingerprint density at radius 3 is 2.67 bits per heavy atom. The first-order chi connectivity index (χ1) is 14.6. The van der Waals surface area contributed by atoms with Crippen LogP contribution in [0.1, 0.15) is 29.5 Å². The number of nitrogens with zero attached hydrogens (tertiary/aromatic N) is 1. The van der Waals surface area contributed by atoms with Gasteiger partial charge in [0.05, 0.1) is 25.3 Å². The van der Waals surface area contributed by atoms with E-state index < -0.39 is 17.7 Å². The second-order valence-electron chi connectivity index (χ2n) is 6.77. The van der Waals surface area contributed by atoms with Crippen molar-refractivity contribution in [1.29, 1.82) is 0 Å². The molecule has 1 fully saturated rings. The summed E-state index contributed by atoms with van der Waals surface area (Å²) in [7, 11) is 0. The highest BCUT2D eigenvalue weighted by Crippen LogP contribution is 2.20. The molecule has 1 aliphatic rings. The molecule has 1 aliphatic heterocycles. The Balaban J connectivity index is 1.43. The molecule has 1 atom stereocenters. The van der Waals surface area contributed by atoms with Crippen LogP contribution in [0, 0.1) is 5.92 Å². The molecule has 3 rings (SSSR count). The smallest absolute Gasteiger partial charge is 0.269 e. The largest absolute Gasteiger partial charge is 0.491 e. The number of nitrogens with one attached hydrogen (secondary N) is 2. The number of hydrazine groups is 1. The second kappa shape index (κ2) is 10.4. The topological polar surface area (TPSA) is 110 Å². The van der Waals surface area contributed by atoms with E-state index in [4.69, 9.17) is 13.9 Å². The van der Waals surface area contributed by atoms with E-state index in [2.05, 4.69) is 10.9 Å². The molecule has 2 heterocycles. The van der Waals surface area contributed by atoms with Crippen LogP contribution in [-0.2, 0) is 20.9 Å². The molecule has 3 amide bonds. The highest BCUT2D eigenvalue weighted by Gasteiger charge is 2.34. The van der Waals surface area contributed by atoms with Crippen LogP contribution >= 0.6 is 0 Å². The minimum atomic E-state index is -0.533. The Kier molecular flexibility index (Phi) is 7.45. The van der Waals surface area contributed by atoms with Crippen molar-refractivity contribution in [1.82, 2.24) is 15.8 Å². The van der Waals surface area contributed by atoms with Crippen LogP contribution in [0.4, 0.5) is 0 Å². The molecule has 0 aliphatic carbocycles. The zero-order valence-corrected chi connectivity index (χ0v) is 16.8. The molecular formula is C21H25N3O6. The van der Waals surface area contributed by atoms with Gasteiger partial charge in [0, 0.05) is 25.1 Å². The maximum atomic E-state index is 12.3. The summed E-state index contributed by atoms with van der Waals surface area (Å²) in [6.07, 6.45) is 1.63. The van der Waals surface area contributed by atoms with Gasteiger partial charge in [-0.3, -0.25) is 25.2 Å². The number of hydrogen-bond acceptors (Lipinski definition) is 6. The lowest BCUT2D eigenvalue weighted by Crippen LogP contribution is -2.45. The van der Waals surface area contributed by atoms with Gasteiger partial charge >= 0.3 is 0 Å². The van der Waals surface area contributed by atoms with Gasteiger partial charge in [-0.05, 0) is 43.3 Å². The zero-order valence-electron chi connectivity index (χ0n) is 16.8. The van der Waals surface area contributed by atoms with Crippen molar-refractivity contribution in [2.24, 2.45) is 5.92 Å². The van der Waals surface area contributed by atoms with Crippen molar-refractivity contribution in [2.75, 3.05) is 26.4 Å². The summed E-state index contributed by atoms with van der Waals surface area (Å²) in [5, 5.41) is 0. The molecule has 2 aromatic rings. The molecule has 0 bridgehead atoms. The summed E-state index contributed by atoms with van der Waals surface area (Å²) in [6.45, 7) is 4.05. The van der Waals surface area contributed by atoms with Crippen LogP contribution in [0.25, 0.3) is 0 Å². The molecular weight excluding hydrogens is 390 g/mol. The van der Waals surface area contributed by atoms with Crippen molar-refractivity contribution in [3.8, 4) is 5.75 Å². The Morgan fingerprint density at radius 2 is 1.97 bits per heavy atom. The zero-order chi connectivity index (χ0) is 21.3. The molecule has 1 aromatic carbocycles. The Labute approximate surface area is 174 Å². The fraction of sp³-hybridized carbons (Fsp3) is 0.381. The Morgan fingerprint density at radius 1 is 1.17 bits per heavy atom. The molecule has 1 aromatic heterocycles. The lowest BCUT2D eigenvalue weighted by atomic mass is 10.1. The first kappa shape index (κ1) is 21.4. The molecule has 9 heteroatoms. The Bertz CT molecular complexity index is 850. The van der Waals surface area contributed by atoms with Gasteiger partial charge in [0.25, 0.3) is 5.91 Å². The van der Waals surface area contributed by atoms with E-state index in [9.17, 15) is 14.4 Å². The van der Waals surface area contributed by atoms with Gasteiger partial charge in [-0.25, -0.2) is 0 Å². The van der Waals surface area contributed by atoms with Crippen LogP contribution in [0.3, 0.4) is 0 Å². The molecule has 30 heavy (non-hydrogen) atoms. The number of likely N-dealkylation sites (tertiary alicyclic amines) is 1. The summed E-state index contributed by atoms with van der Waals surface area (Å²) >= 11 is 0. The molecule has 0 spiro atoms. The van der Waals surface area contributed by atoms with Crippen molar-refractivity contribution >= 4 is 17.7 Å². The maximum Gasteiger partial charge on any atom is 0.269 e. The van der Waals surface area contributed by atoms with E-state index in [0.717, 1.165) is 0 Å². The predicted octanol–water partition coefficient (Wildman–Crippen LogP) is 1.50. The quantitative estimate of drug-likeness (QED) is 0.475. The van der Waals surface area contributed by atoms with Crippen molar-refractivity contribution in [2.45, 2.75) is 19.9 Å². The number of rotatable bonds is 9. The maximum absolute atomic E-state index is 12.3. The fourth-order valence-corrected chi connectivity index (χ4v) is 3.05. The van der Waals surface area contributed by atoms with Crippen LogP contribution in [0.15, 0.2) is 47.1 Å². The van der Waals surface area contributed by atoms with E-state index in [1.54, 1.807) is 41.3 Å². The van der Waals surface area contributed by atoms with E-state index in [0.29, 0.717) is 43.4 Å².